The molecule has 0 aromatic heterocycles. The van der Waals surface area contributed by atoms with Gasteiger partial charge in [-0.05, 0) is 24.3 Å². The Hall–Kier alpha value is -2.29. The van der Waals surface area contributed by atoms with E-state index < -0.39 is 29.0 Å². The van der Waals surface area contributed by atoms with Gasteiger partial charge in [-0.2, -0.15) is 0 Å². The highest BCUT2D eigenvalue weighted by Crippen LogP contribution is 2.31. The van der Waals surface area contributed by atoms with E-state index in [-0.39, 0.29) is 13.3 Å². The van der Waals surface area contributed by atoms with Gasteiger partial charge in [0.1, 0.15) is 12.3 Å². The van der Waals surface area contributed by atoms with Crippen molar-refractivity contribution in [2.24, 2.45) is 0 Å². The average molecular weight is 402 g/mol. The molecule has 2 N–H and O–H groups in total. The van der Waals surface area contributed by atoms with E-state index in [0.29, 0.717) is 23.9 Å². The molecule has 1 aliphatic rings. The van der Waals surface area contributed by atoms with Crippen LogP contribution in [0.15, 0.2) is 24.3 Å². The standard InChI is InChI=1S/C18H16ClF3N2O3/c1-24(6-10-4-12(19)5-11-8-26-9-27-18(10)11)7-15(25)23-14-3-2-13(20)16(21)17(14)22/h2-5H,6-9H2,1H3,(H,23,25)/p+1. The molecular weight excluding hydrogens is 385 g/mol. The second kappa shape index (κ2) is 8.16. The number of hydrogen-bond donors (Lipinski definition) is 2. The molecule has 0 spiro atoms. The third kappa shape index (κ3) is 4.52. The fourth-order valence-corrected chi connectivity index (χ4v) is 3.13. The number of carbonyl (C=O) groups excluding carboxylic acids is 1. The highest BCUT2D eigenvalue weighted by atomic mass is 35.5. The van der Waals surface area contributed by atoms with E-state index >= 15 is 0 Å². The lowest BCUT2D eigenvalue weighted by molar-refractivity contribution is -0.885. The van der Waals surface area contributed by atoms with Gasteiger partial charge in [-0.15, -0.1) is 0 Å². The summed E-state index contributed by atoms with van der Waals surface area (Å²) in [6.07, 6.45) is 0. The Morgan fingerprint density at radius 2 is 2.04 bits per heavy atom. The van der Waals surface area contributed by atoms with Crippen molar-refractivity contribution < 1.29 is 32.3 Å². The molecule has 1 aliphatic heterocycles. The zero-order valence-corrected chi connectivity index (χ0v) is 15.1. The first-order chi connectivity index (χ1) is 12.8. The van der Waals surface area contributed by atoms with Crippen molar-refractivity contribution >= 4 is 23.2 Å². The molecule has 27 heavy (non-hydrogen) atoms. The van der Waals surface area contributed by atoms with Gasteiger partial charge in [0.25, 0.3) is 5.91 Å². The molecule has 1 heterocycles. The number of likely N-dealkylation sites (N-methyl/N-ethyl adjacent to an activating group) is 1. The van der Waals surface area contributed by atoms with Gasteiger partial charge in [-0.3, -0.25) is 4.79 Å². The van der Waals surface area contributed by atoms with E-state index in [1.54, 1.807) is 19.2 Å². The summed E-state index contributed by atoms with van der Waals surface area (Å²) in [6.45, 7) is 0.904. The normalized spacial score (nSPS) is 14.3. The number of amides is 1. The minimum atomic E-state index is -1.63. The summed E-state index contributed by atoms with van der Waals surface area (Å²) in [7, 11) is 1.76. The van der Waals surface area contributed by atoms with Crippen molar-refractivity contribution in [2.45, 2.75) is 13.2 Å². The first kappa shape index (κ1) is 19.5. The molecule has 0 fully saturated rings. The van der Waals surface area contributed by atoms with E-state index in [1.165, 1.54) is 0 Å². The number of benzene rings is 2. The lowest BCUT2D eigenvalue weighted by atomic mass is 10.1. The topological polar surface area (TPSA) is 52.0 Å². The third-order valence-electron chi connectivity index (χ3n) is 4.02. The smallest absolute Gasteiger partial charge is 0.279 e. The Morgan fingerprint density at radius 3 is 2.81 bits per heavy atom. The van der Waals surface area contributed by atoms with Crippen LogP contribution in [-0.4, -0.2) is 26.3 Å². The van der Waals surface area contributed by atoms with Crippen LogP contribution < -0.4 is 15.0 Å². The number of rotatable bonds is 5. The maximum absolute atomic E-state index is 13.7. The van der Waals surface area contributed by atoms with Crippen LogP contribution in [0.3, 0.4) is 0 Å². The summed E-state index contributed by atoms with van der Waals surface area (Å²) in [4.78, 5) is 12.9. The molecule has 144 valence electrons. The minimum Gasteiger partial charge on any atom is -0.467 e. The van der Waals surface area contributed by atoms with Crippen molar-refractivity contribution in [1.29, 1.82) is 0 Å². The monoisotopic (exact) mass is 401 g/mol. The molecule has 1 unspecified atom stereocenters. The molecule has 3 rings (SSSR count). The number of carbonyl (C=O) groups is 1. The predicted molar refractivity (Wildman–Crippen MR) is 92.1 cm³/mol. The van der Waals surface area contributed by atoms with Crippen molar-refractivity contribution in [2.75, 3.05) is 25.7 Å². The van der Waals surface area contributed by atoms with Gasteiger partial charge in [0.2, 0.25) is 0 Å². The first-order valence-electron chi connectivity index (χ1n) is 8.11. The second-order valence-electron chi connectivity index (χ2n) is 6.25. The summed E-state index contributed by atoms with van der Waals surface area (Å²) < 4.78 is 50.6. The SMILES string of the molecule is C[NH+](CC(=O)Nc1ccc(F)c(F)c1F)Cc1cc(Cl)cc2c1OCOC2. The van der Waals surface area contributed by atoms with E-state index in [0.717, 1.165) is 28.2 Å². The molecule has 1 atom stereocenters. The van der Waals surface area contributed by atoms with Gasteiger partial charge in [-0.25, -0.2) is 13.2 Å². The second-order valence-corrected chi connectivity index (χ2v) is 6.68. The number of hydrogen-bond acceptors (Lipinski definition) is 3. The predicted octanol–water partition coefficient (Wildman–Crippen LogP) is 2.28. The molecule has 9 heteroatoms. The molecular formula is C18H17ClF3N2O3+. The zero-order chi connectivity index (χ0) is 19.6. The van der Waals surface area contributed by atoms with E-state index in [4.69, 9.17) is 21.1 Å². The number of nitrogens with one attached hydrogen (secondary N) is 2. The lowest BCUT2D eigenvalue weighted by Gasteiger charge is -2.22. The van der Waals surface area contributed by atoms with Crippen LogP contribution in [0.1, 0.15) is 11.1 Å². The number of ether oxygens (including phenoxy) is 2. The van der Waals surface area contributed by atoms with Crippen LogP contribution in [0.25, 0.3) is 0 Å². The van der Waals surface area contributed by atoms with E-state index in [1.807, 2.05) is 0 Å². The summed E-state index contributed by atoms with van der Waals surface area (Å²) >= 11 is 6.12. The summed E-state index contributed by atoms with van der Waals surface area (Å²) in [6, 6.07) is 5.24. The Balaban J connectivity index is 1.66. The van der Waals surface area contributed by atoms with Gasteiger partial charge in [0.15, 0.2) is 30.8 Å². The average Bonchev–Trinajstić information content (AvgIpc) is 2.62. The van der Waals surface area contributed by atoms with Crippen LogP contribution in [0.4, 0.5) is 18.9 Å². The maximum Gasteiger partial charge on any atom is 0.279 e. The van der Waals surface area contributed by atoms with Crippen molar-refractivity contribution in [3.63, 3.8) is 0 Å². The Bertz CT molecular complexity index is 879. The molecule has 2 aromatic rings. The molecule has 0 bridgehead atoms. The summed E-state index contributed by atoms with van der Waals surface area (Å²) in [5, 5.41) is 2.78. The van der Waals surface area contributed by atoms with Crippen LogP contribution >= 0.6 is 11.6 Å². The van der Waals surface area contributed by atoms with Gasteiger partial charge < -0.3 is 19.7 Å². The molecule has 0 saturated heterocycles. The van der Waals surface area contributed by atoms with E-state index in [2.05, 4.69) is 5.32 Å². The Labute approximate surface area is 158 Å². The minimum absolute atomic E-state index is 0.0315. The van der Waals surface area contributed by atoms with Crippen LogP contribution in [-0.2, 0) is 22.7 Å². The van der Waals surface area contributed by atoms with Crippen molar-refractivity contribution in [3.05, 3.63) is 57.9 Å². The van der Waals surface area contributed by atoms with Gasteiger partial charge in [-0.1, -0.05) is 11.6 Å². The highest BCUT2D eigenvalue weighted by Gasteiger charge is 2.21. The van der Waals surface area contributed by atoms with Gasteiger partial charge >= 0.3 is 0 Å². The molecule has 0 aliphatic carbocycles. The lowest BCUT2D eigenvalue weighted by Crippen LogP contribution is -3.08. The van der Waals surface area contributed by atoms with Crippen LogP contribution in [0.5, 0.6) is 5.75 Å². The maximum atomic E-state index is 13.7. The molecule has 0 saturated carbocycles. The zero-order valence-electron chi connectivity index (χ0n) is 14.4. The summed E-state index contributed by atoms with van der Waals surface area (Å²) in [5.41, 5.74) is 1.22. The molecule has 2 aromatic carbocycles. The van der Waals surface area contributed by atoms with Crippen molar-refractivity contribution in [3.8, 4) is 5.75 Å². The number of anilines is 1. The molecule has 5 nitrogen and oxygen atoms in total. The van der Waals surface area contributed by atoms with Crippen LogP contribution in [0, 0.1) is 17.5 Å². The van der Waals surface area contributed by atoms with E-state index in [9.17, 15) is 18.0 Å². The number of halogens is 4. The Morgan fingerprint density at radius 1 is 1.26 bits per heavy atom. The quantitative estimate of drug-likeness (QED) is 0.756. The van der Waals surface area contributed by atoms with Crippen LogP contribution in [0.2, 0.25) is 5.02 Å². The fourth-order valence-electron chi connectivity index (χ4n) is 2.87. The number of quaternary nitrogens is 1. The first-order valence-corrected chi connectivity index (χ1v) is 8.49. The number of fused-ring (bicyclic) bond motifs is 1. The summed E-state index contributed by atoms with van der Waals surface area (Å²) in [5.74, 6) is -4.24. The molecule has 1 amide bonds. The van der Waals surface area contributed by atoms with Gasteiger partial charge in [0, 0.05) is 10.6 Å². The fraction of sp³-hybridized carbons (Fsp3) is 0.278. The largest absolute Gasteiger partial charge is 0.467 e. The van der Waals surface area contributed by atoms with Gasteiger partial charge in [0.05, 0.1) is 24.9 Å². The Kier molecular flexibility index (Phi) is 5.88. The third-order valence-corrected chi connectivity index (χ3v) is 4.23. The molecule has 0 radical (unpaired) electrons. The highest BCUT2D eigenvalue weighted by molar-refractivity contribution is 6.30. The van der Waals surface area contributed by atoms with Crippen molar-refractivity contribution in [1.82, 2.24) is 0 Å².